The van der Waals surface area contributed by atoms with Crippen molar-refractivity contribution >= 4 is 10.0 Å². The molecule has 1 aromatic rings. The van der Waals surface area contributed by atoms with Gasteiger partial charge in [0.25, 0.3) is 0 Å². The molecule has 0 bridgehead atoms. The largest absolute Gasteiger partial charge is 0.296 e. The molecule has 20 heavy (non-hydrogen) atoms. The Morgan fingerprint density at radius 2 is 1.60 bits per heavy atom. The van der Waals surface area contributed by atoms with Gasteiger partial charge in [0, 0.05) is 31.7 Å². The average Bonchev–Trinajstić information content (AvgIpc) is 2.38. The summed E-state index contributed by atoms with van der Waals surface area (Å²) in [6.07, 6.45) is 0. The summed E-state index contributed by atoms with van der Waals surface area (Å²) in [5.74, 6) is -0.689. The SMILES string of the molecule is CC(C)(C)N1CCN(S(=O)(=O)c2ccccc2F)CC1. The molecule has 2 rings (SSSR count). The Hall–Kier alpha value is -0.980. The second-order valence-electron chi connectivity index (χ2n) is 5.99. The molecule has 1 saturated heterocycles. The highest BCUT2D eigenvalue weighted by molar-refractivity contribution is 7.89. The molecule has 0 atom stereocenters. The molecule has 112 valence electrons. The van der Waals surface area contributed by atoms with Gasteiger partial charge < -0.3 is 0 Å². The van der Waals surface area contributed by atoms with Gasteiger partial charge in [-0.15, -0.1) is 0 Å². The molecule has 0 radical (unpaired) electrons. The summed E-state index contributed by atoms with van der Waals surface area (Å²) in [6.45, 7) is 8.44. The number of hydrogen-bond acceptors (Lipinski definition) is 3. The van der Waals surface area contributed by atoms with E-state index in [4.69, 9.17) is 0 Å². The highest BCUT2D eigenvalue weighted by atomic mass is 32.2. The molecule has 0 saturated carbocycles. The van der Waals surface area contributed by atoms with Gasteiger partial charge in [-0.1, -0.05) is 12.1 Å². The topological polar surface area (TPSA) is 40.6 Å². The van der Waals surface area contributed by atoms with Crippen LogP contribution in [0.3, 0.4) is 0 Å². The Bertz CT molecular complexity index is 573. The first-order valence-corrected chi connectivity index (χ1v) is 8.16. The molecule has 1 heterocycles. The molecule has 0 unspecified atom stereocenters. The van der Waals surface area contributed by atoms with Crippen molar-refractivity contribution in [1.82, 2.24) is 9.21 Å². The van der Waals surface area contributed by atoms with Crippen LogP contribution in [0.25, 0.3) is 0 Å². The zero-order chi connectivity index (χ0) is 15.0. The first kappa shape index (κ1) is 15.4. The van der Waals surface area contributed by atoms with E-state index in [-0.39, 0.29) is 10.4 Å². The Morgan fingerprint density at radius 3 is 2.10 bits per heavy atom. The number of rotatable bonds is 2. The lowest BCUT2D eigenvalue weighted by Crippen LogP contribution is -2.54. The number of sulfonamides is 1. The molecule has 0 aromatic heterocycles. The van der Waals surface area contributed by atoms with Crippen LogP contribution < -0.4 is 0 Å². The van der Waals surface area contributed by atoms with Crippen LogP contribution in [0.2, 0.25) is 0 Å². The number of hydrogen-bond donors (Lipinski definition) is 0. The minimum atomic E-state index is -3.73. The van der Waals surface area contributed by atoms with Crippen molar-refractivity contribution in [2.24, 2.45) is 0 Å². The third-order valence-corrected chi connectivity index (χ3v) is 5.57. The van der Waals surface area contributed by atoms with Gasteiger partial charge in [0.05, 0.1) is 0 Å². The van der Waals surface area contributed by atoms with Gasteiger partial charge in [-0.2, -0.15) is 4.31 Å². The van der Waals surface area contributed by atoms with Crippen molar-refractivity contribution in [1.29, 1.82) is 0 Å². The van der Waals surface area contributed by atoms with Gasteiger partial charge in [-0.3, -0.25) is 4.90 Å². The Labute approximate surface area is 120 Å². The maximum atomic E-state index is 13.7. The van der Waals surface area contributed by atoms with Crippen LogP contribution in [0.4, 0.5) is 4.39 Å². The molecule has 1 aliphatic heterocycles. The third kappa shape index (κ3) is 3.02. The normalized spacial score (nSPS) is 19.2. The molecule has 1 fully saturated rings. The maximum absolute atomic E-state index is 13.7. The van der Waals surface area contributed by atoms with Crippen LogP contribution in [0.5, 0.6) is 0 Å². The number of nitrogens with zero attached hydrogens (tertiary/aromatic N) is 2. The summed E-state index contributed by atoms with van der Waals surface area (Å²) >= 11 is 0. The maximum Gasteiger partial charge on any atom is 0.246 e. The van der Waals surface area contributed by atoms with E-state index in [1.165, 1.54) is 22.5 Å². The molecular formula is C14H21FN2O2S. The summed E-state index contributed by atoms with van der Waals surface area (Å²) in [7, 11) is -3.73. The van der Waals surface area contributed by atoms with Crippen LogP contribution in [0.1, 0.15) is 20.8 Å². The fourth-order valence-corrected chi connectivity index (χ4v) is 3.88. The molecule has 0 spiro atoms. The van der Waals surface area contributed by atoms with E-state index in [1.54, 1.807) is 6.07 Å². The fourth-order valence-electron chi connectivity index (χ4n) is 2.39. The van der Waals surface area contributed by atoms with Gasteiger partial charge in [0.15, 0.2) is 0 Å². The zero-order valence-corrected chi connectivity index (χ0v) is 13.0. The van der Waals surface area contributed by atoms with Gasteiger partial charge >= 0.3 is 0 Å². The molecule has 4 nitrogen and oxygen atoms in total. The zero-order valence-electron chi connectivity index (χ0n) is 12.1. The first-order chi connectivity index (χ1) is 9.23. The number of benzene rings is 1. The highest BCUT2D eigenvalue weighted by Gasteiger charge is 2.33. The second-order valence-corrected chi connectivity index (χ2v) is 7.90. The minimum Gasteiger partial charge on any atom is -0.296 e. The second kappa shape index (κ2) is 5.42. The molecular weight excluding hydrogens is 279 g/mol. The van der Waals surface area contributed by atoms with Gasteiger partial charge in [-0.05, 0) is 32.9 Å². The summed E-state index contributed by atoms with van der Waals surface area (Å²) in [5.41, 5.74) is 0.0217. The third-order valence-electron chi connectivity index (χ3n) is 3.64. The van der Waals surface area contributed by atoms with Crippen molar-refractivity contribution < 1.29 is 12.8 Å². The summed E-state index contributed by atoms with van der Waals surface area (Å²) in [5, 5.41) is 0. The monoisotopic (exact) mass is 300 g/mol. The lowest BCUT2D eigenvalue weighted by molar-refractivity contribution is 0.0921. The first-order valence-electron chi connectivity index (χ1n) is 6.72. The van der Waals surface area contributed by atoms with Gasteiger partial charge in [0.1, 0.15) is 10.7 Å². The molecule has 0 aliphatic carbocycles. The summed E-state index contributed by atoms with van der Waals surface area (Å²) in [4.78, 5) is 2.00. The van der Waals surface area contributed by atoms with E-state index in [9.17, 15) is 12.8 Å². The van der Waals surface area contributed by atoms with E-state index < -0.39 is 15.8 Å². The lowest BCUT2D eigenvalue weighted by atomic mass is 10.1. The lowest BCUT2D eigenvalue weighted by Gasteiger charge is -2.41. The Kier molecular flexibility index (Phi) is 4.18. The fraction of sp³-hybridized carbons (Fsp3) is 0.571. The molecule has 0 N–H and O–H groups in total. The predicted octanol–water partition coefficient (Wildman–Crippen LogP) is 1.93. The van der Waals surface area contributed by atoms with Crippen molar-refractivity contribution in [3.63, 3.8) is 0 Å². The molecule has 1 aromatic carbocycles. The number of piperazine rings is 1. The van der Waals surface area contributed by atoms with E-state index in [0.29, 0.717) is 26.2 Å². The minimum absolute atomic E-state index is 0.0217. The number of halogens is 1. The van der Waals surface area contributed by atoms with E-state index in [1.807, 2.05) is 0 Å². The smallest absolute Gasteiger partial charge is 0.246 e. The van der Waals surface area contributed by atoms with Gasteiger partial charge in [-0.25, -0.2) is 12.8 Å². The quantitative estimate of drug-likeness (QED) is 0.838. The van der Waals surface area contributed by atoms with Crippen molar-refractivity contribution in [2.75, 3.05) is 26.2 Å². The molecule has 6 heteroatoms. The molecule has 0 amide bonds. The van der Waals surface area contributed by atoms with Crippen LogP contribution in [0.15, 0.2) is 29.2 Å². The standard InChI is InChI=1S/C14H21FN2O2S/c1-14(2,3)16-8-10-17(11-9-16)20(18,19)13-7-5-4-6-12(13)15/h4-7H,8-11H2,1-3H3. The van der Waals surface area contributed by atoms with Crippen molar-refractivity contribution in [2.45, 2.75) is 31.2 Å². The van der Waals surface area contributed by atoms with Crippen molar-refractivity contribution in [3.8, 4) is 0 Å². The molecule has 1 aliphatic rings. The van der Waals surface area contributed by atoms with Crippen LogP contribution in [-0.2, 0) is 10.0 Å². The average molecular weight is 300 g/mol. The van der Waals surface area contributed by atoms with Crippen LogP contribution in [-0.4, -0.2) is 49.3 Å². The highest BCUT2D eigenvalue weighted by Crippen LogP contribution is 2.22. The van der Waals surface area contributed by atoms with E-state index in [2.05, 4.69) is 25.7 Å². The van der Waals surface area contributed by atoms with E-state index in [0.717, 1.165) is 0 Å². The Balaban J connectivity index is 2.16. The van der Waals surface area contributed by atoms with Gasteiger partial charge in [0.2, 0.25) is 10.0 Å². The van der Waals surface area contributed by atoms with E-state index >= 15 is 0 Å². The van der Waals surface area contributed by atoms with Crippen LogP contribution >= 0.6 is 0 Å². The van der Waals surface area contributed by atoms with Crippen molar-refractivity contribution in [3.05, 3.63) is 30.1 Å². The summed E-state index contributed by atoms with van der Waals surface area (Å²) in [6, 6.07) is 5.53. The Morgan fingerprint density at radius 1 is 1.05 bits per heavy atom. The summed E-state index contributed by atoms with van der Waals surface area (Å²) < 4.78 is 39.9. The van der Waals surface area contributed by atoms with Crippen LogP contribution in [0, 0.1) is 5.82 Å². The predicted molar refractivity (Wildman–Crippen MR) is 76.5 cm³/mol.